The molecule has 3 aromatic rings. The van der Waals surface area contributed by atoms with E-state index in [0.717, 1.165) is 0 Å². The third kappa shape index (κ3) is 4.80. The molecule has 0 bridgehead atoms. The number of carbonyl (C=O) groups is 1. The summed E-state index contributed by atoms with van der Waals surface area (Å²) in [6, 6.07) is 6.29. The summed E-state index contributed by atoms with van der Waals surface area (Å²) in [5.41, 5.74) is 1.67. The minimum atomic E-state index is -1.72. The molecule has 2 unspecified atom stereocenters. The van der Waals surface area contributed by atoms with Gasteiger partial charge < -0.3 is 14.5 Å². The highest BCUT2D eigenvalue weighted by Crippen LogP contribution is 2.35. The Labute approximate surface area is 181 Å². The molecule has 1 aromatic carbocycles. The van der Waals surface area contributed by atoms with Gasteiger partial charge in [-0.2, -0.15) is 0 Å². The number of nitro benzene ring substituents is 1. The van der Waals surface area contributed by atoms with Gasteiger partial charge in [0, 0.05) is 24.1 Å². The summed E-state index contributed by atoms with van der Waals surface area (Å²) in [6.45, 7) is 10.5. The molecule has 2 atom stereocenters. The van der Waals surface area contributed by atoms with E-state index in [1.807, 2.05) is 6.92 Å². The molecule has 31 heavy (non-hydrogen) atoms. The predicted molar refractivity (Wildman–Crippen MR) is 119 cm³/mol. The SMILES string of the molecule is CCOC(=O)c1c[nH]c2ncnc(C(OC(C)[Si](C)(C)C)c3cccc([N+](=O)[O-])c3)c12. The van der Waals surface area contributed by atoms with E-state index < -0.39 is 25.1 Å². The number of nitrogens with zero attached hydrogens (tertiary/aromatic N) is 3. The fourth-order valence-electron chi connectivity index (χ4n) is 3.07. The third-order valence-electron chi connectivity index (χ3n) is 5.19. The number of aromatic nitrogens is 3. The molecular weight excluding hydrogens is 416 g/mol. The summed E-state index contributed by atoms with van der Waals surface area (Å²) >= 11 is 0. The van der Waals surface area contributed by atoms with Gasteiger partial charge in [0.1, 0.15) is 18.1 Å². The number of nitrogens with one attached hydrogen (secondary N) is 1. The van der Waals surface area contributed by atoms with Gasteiger partial charge in [0.15, 0.2) is 0 Å². The van der Waals surface area contributed by atoms with Crippen LogP contribution >= 0.6 is 0 Å². The van der Waals surface area contributed by atoms with E-state index in [-0.39, 0.29) is 18.0 Å². The lowest BCUT2D eigenvalue weighted by Crippen LogP contribution is -2.39. The van der Waals surface area contributed by atoms with Crippen molar-refractivity contribution in [3.8, 4) is 0 Å². The Morgan fingerprint density at radius 1 is 1.29 bits per heavy atom. The zero-order valence-corrected chi connectivity index (χ0v) is 19.2. The molecule has 0 aliphatic rings. The van der Waals surface area contributed by atoms with E-state index in [2.05, 4.69) is 34.6 Å². The van der Waals surface area contributed by atoms with E-state index in [1.165, 1.54) is 24.7 Å². The Balaban J connectivity index is 2.21. The van der Waals surface area contributed by atoms with Crippen molar-refractivity contribution in [2.75, 3.05) is 6.61 Å². The van der Waals surface area contributed by atoms with Crippen molar-refractivity contribution in [3.63, 3.8) is 0 Å². The van der Waals surface area contributed by atoms with Gasteiger partial charge in [-0.15, -0.1) is 0 Å². The maximum atomic E-state index is 12.5. The highest BCUT2D eigenvalue weighted by molar-refractivity contribution is 6.77. The number of H-pyrrole nitrogens is 1. The molecule has 3 rings (SSSR count). The van der Waals surface area contributed by atoms with Crippen LogP contribution in [0.25, 0.3) is 11.0 Å². The Bertz CT molecular complexity index is 1110. The number of esters is 1. The number of hydrogen-bond donors (Lipinski definition) is 1. The minimum Gasteiger partial charge on any atom is -0.462 e. The van der Waals surface area contributed by atoms with Crippen LogP contribution in [0.4, 0.5) is 5.69 Å². The number of aromatic amines is 1. The second-order valence-electron chi connectivity index (χ2n) is 8.28. The lowest BCUT2D eigenvalue weighted by Gasteiger charge is -2.30. The van der Waals surface area contributed by atoms with Crippen LogP contribution in [0.15, 0.2) is 36.8 Å². The van der Waals surface area contributed by atoms with E-state index >= 15 is 0 Å². The minimum absolute atomic E-state index is 0.0447. The highest BCUT2D eigenvalue weighted by Gasteiger charge is 2.31. The van der Waals surface area contributed by atoms with E-state index in [4.69, 9.17) is 9.47 Å². The zero-order chi connectivity index (χ0) is 22.8. The average molecular weight is 443 g/mol. The van der Waals surface area contributed by atoms with Crippen molar-refractivity contribution >= 4 is 30.8 Å². The van der Waals surface area contributed by atoms with Gasteiger partial charge in [-0.25, -0.2) is 14.8 Å². The second-order valence-corrected chi connectivity index (χ2v) is 13.8. The summed E-state index contributed by atoms with van der Waals surface area (Å²) in [5, 5.41) is 11.8. The number of fused-ring (bicyclic) bond motifs is 1. The molecule has 2 heterocycles. The molecule has 164 valence electrons. The molecular formula is C21H26N4O5Si. The molecule has 0 radical (unpaired) electrons. The van der Waals surface area contributed by atoms with Gasteiger partial charge in [0.05, 0.1) is 36.2 Å². The van der Waals surface area contributed by atoms with Crippen molar-refractivity contribution in [3.05, 3.63) is 63.7 Å². The second kappa shape index (κ2) is 8.94. The molecule has 0 saturated heterocycles. The molecule has 0 aliphatic heterocycles. The van der Waals surface area contributed by atoms with Crippen molar-refractivity contribution in [1.82, 2.24) is 15.0 Å². The van der Waals surface area contributed by atoms with Crippen LogP contribution in [0.3, 0.4) is 0 Å². The summed E-state index contributed by atoms with van der Waals surface area (Å²) in [4.78, 5) is 35.1. The molecule has 0 amide bonds. The van der Waals surface area contributed by atoms with Crippen LogP contribution < -0.4 is 0 Å². The Hall–Kier alpha value is -3.11. The summed E-state index contributed by atoms with van der Waals surface area (Å²) < 4.78 is 11.7. The summed E-state index contributed by atoms with van der Waals surface area (Å²) in [5.74, 6) is -0.499. The van der Waals surface area contributed by atoms with Gasteiger partial charge in [-0.1, -0.05) is 31.8 Å². The summed E-state index contributed by atoms with van der Waals surface area (Å²) in [7, 11) is -1.72. The number of hydrogen-bond acceptors (Lipinski definition) is 7. The molecule has 1 N–H and O–H groups in total. The Kier molecular flexibility index (Phi) is 6.51. The highest BCUT2D eigenvalue weighted by atomic mass is 28.3. The predicted octanol–water partition coefficient (Wildman–Crippen LogP) is 4.41. The van der Waals surface area contributed by atoms with Gasteiger partial charge in [-0.05, 0) is 19.4 Å². The number of nitro groups is 1. The Morgan fingerprint density at radius 2 is 2.03 bits per heavy atom. The van der Waals surface area contributed by atoms with Crippen LogP contribution in [0.5, 0.6) is 0 Å². The topological polar surface area (TPSA) is 120 Å². The zero-order valence-electron chi connectivity index (χ0n) is 18.2. The summed E-state index contributed by atoms with van der Waals surface area (Å²) in [6.07, 6.45) is 2.19. The molecule has 9 nitrogen and oxygen atoms in total. The number of benzene rings is 1. The first-order valence-electron chi connectivity index (χ1n) is 10.0. The lowest BCUT2D eigenvalue weighted by molar-refractivity contribution is -0.385. The van der Waals surface area contributed by atoms with Gasteiger partial charge >= 0.3 is 5.97 Å². The first-order valence-corrected chi connectivity index (χ1v) is 13.6. The monoisotopic (exact) mass is 442 g/mol. The van der Waals surface area contributed by atoms with Crippen molar-refractivity contribution < 1.29 is 19.2 Å². The maximum absolute atomic E-state index is 12.5. The Morgan fingerprint density at radius 3 is 2.68 bits per heavy atom. The molecule has 0 saturated carbocycles. The largest absolute Gasteiger partial charge is 0.462 e. The maximum Gasteiger partial charge on any atom is 0.340 e. The van der Waals surface area contributed by atoms with Crippen LogP contribution in [0.2, 0.25) is 19.6 Å². The van der Waals surface area contributed by atoms with Crippen molar-refractivity contribution in [2.45, 2.75) is 45.3 Å². The van der Waals surface area contributed by atoms with Crippen LogP contribution in [-0.2, 0) is 9.47 Å². The normalized spacial score (nSPS) is 13.7. The fraction of sp³-hybridized carbons (Fsp3) is 0.381. The lowest BCUT2D eigenvalue weighted by atomic mass is 10.0. The molecule has 10 heteroatoms. The van der Waals surface area contributed by atoms with Crippen molar-refractivity contribution in [1.29, 1.82) is 0 Å². The van der Waals surface area contributed by atoms with Crippen LogP contribution in [-0.4, -0.2) is 46.3 Å². The standard InChI is InChI=1S/C21H26N4O5Si/c1-6-29-21(26)16-11-22-20-17(16)18(23-12-24-20)19(30-13(2)31(3,4)5)14-8-7-9-15(10-14)25(27)28/h7-13,19H,6H2,1-5H3,(H,22,23,24). The smallest absolute Gasteiger partial charge is 0.340 e. The number of carbonyl (C=O) groups excluding carboxylic acids is 1. The fourth-order valence-corrected chi connectivity index (χ4v) is 3.61. The van der Waals surface area contributed by atoms with Gasteiger partial charge in [0.25, 0.3) is 5.69 Å². The first-order chi connectivity index (χ1) is 14.6. The van der Waals surface area contributed by atoms with Gasteiger partial charge in [0.2, 0.25) is 0 Å². The molecule has 2 aromatic heterocycles. The third-order valence-corrected chi connectivity index (χ3v) is 7.76. The number of rotatable bonds is 8. The van der Waals surface area contributed by atoms with Crippen LogP contribution in [0.1, 0.15) is 41.6 Å². The molecule has 0 spiro atoms. The molecule has 0 aliphatic carbocycles. The van der Waals surface area contributed by atoms with Crippen LogP contribution in [0, 0.1) is 10.1 Å². The van der Waals surface area contributed by atoms with E-state index in [9.17, 15) is 14.9 Å². The van der Waals surface area contributed by atoms with E-state index in [1.54, 1.807) is 19.1 Å². The number of non-ortho nitro benzene ring substituents is 1. The quantitative estimate of drug-likeness (QED) is 0.237. The van der Waals surface area contributed by atoms with Gasteiger partial charge in [-0.3, -0.25) is 10.1 Å². The average Bonchev–Trinajstić information content (AvgIpc) is 3.16. The van der Waals surface area contributed by atoms with E-state index in [0.29, 0.717) is 27.9 Å². The molecule has 0 fully saturated rings. The first kappa shape index (κ1) is 22.6. The number of ether oxygens (including phenoxy) is 2. The van der Waals surface area contributed by atoms with Crippen molar-refractivity contribution in [2.24, 2.45) is 0 Å².